The van der Waals surface area contributed by atoms with E-state index in [1.807, 2.05) is 0 Å². The number of nitrogens with zero attached hydrogens (tertiary/aromatic N) is 1. The van der Waals surface area contributed by atoms with Crippen molar-refractivity contribution in [1.82, 2.24) is 5.06 Å². The van der Waals surface area contributed by atoms with Gasteiger partial charge in [0.15, 0.2) is 5.72 Å². The minimum Gasteiger partial charge on any atom is -0.271 e. The van der Waals surface area contributed by atoms with E-state index < -0.39 is 0 Å². The van der Waals surface area contributed by atoms with Crippen molar-refractivity contribution >= 4 is 0 Å². The number of hydrogen-bond donors (Lipinski definition) is 0. The van der Waals surface area contributed by atoms with E-state index in [0.717, 1.165) is 0 Å². The highest BCUT2D eigenvalue weighted by atomic mass is 16.9. The van der Waals surface area contributed by atoms with Gasteiger partial charge in [0.25, 0.3) is 0 Å². The molecule has 92 valence electrons. The van der Waals surface area contributed by atoms with Crippen LogP contribution in [0.3, 0.4) is 0 Å². The maximum Gasteiger partial charge on any atom is 0.165 e. The highest BCUT2D eigenvalue weighted by Gasteiger charge is 2.62. The van der Waals surface area contributed by atoms with Gasteiger partial charge in [0.1, 0.15) is 0 Å². The van der Waals surface area contributed by atoms with Crippen LogP contribution in [0.25, 0.3) is 0 Å². The molecule has 2 aliphatic heterocycles. The summed E-state index contributed by atoms with van der Waals surface area (Å²) in [6.45, 7) is 2.25. The van der Waals surface area contributed by atoms with Crippen molar-refractivity contribution in [3.8, 4) is 0 Å². The minimum absolute atomic E-state index is 0.121. The zero-order chi connectivity index (χ0) is 11.7. The Hall–Kier alpha value is -0.860. The molecule has 0 aliphatic carbocycles. The van der Waals surface area contributed by atoms with Crippen LogP contribution in [0.1, 0.15) is 57.1 Å². The van der Waals surface area contributed by atoms with Crippen LogP contribution in [0.2, 0.25) is 0 Å². The van der Waals surface area contributed by atoms with Gasteiger partial charge in [-0.25, -0.2) is 0 Å². The lowest BCUT2D eigenvalue weighted by Crippen LogP contribution is -2.12. The highest BCUT2D eigenvalue weighted by Crippen LogP contribution is 2.57. The van der Waals surface area contributed by atoms with Crippen LogP contribution >= 0.6 is 0 Å². The molecule has 0 spiro atoms. The van der Waals surface area contributed by atoms with Gasteiger partial charge in [-0.15, -0.1) is 5.06 Å². The zero-order valence-electron chi connectivity index (χ0n) is 10.6. The minimum atomic E-state index is 0.121. The van der Waals surface area contributed by atoms with Gasteiger partial charge in [-0.1, -0.05) is 50.1 Å². The van der Waals surface area contributed by atoms with Crippen molar-refractivity contribution < 1.29 is 4.84 Å². The summed E-state index contributed by atoms with van der Waals surface area (Å²) in [5.41, 5.74) is 1.53. The molecule has 0 N–H and O–H groups in total. The first-order chi connectivity index (χ1) is 8.36. The third-order valence-electron chi connectivity index (χ3n) is 4.08. The normalized spacial score (nSPS) is 34.6. The van der Waals surface area contributed by atoms with Gasteiger partial charge < -0.3 is 0 Å². The van der Waals surface area contributed by atoms with Gasteiger partial charge in [0, 0.05) is 0 Å². The predicted molar refractivity (Wildman–Crippen MR) is 68.2 cm³/mol. The molecule has 3 atom stereocenters. The van der Waals surface area contributed by atoms with Crippen molar-refractivity contribution in [2.45, 2.75) is 57.2 Å². The van der Waals surface area contributed by atoms with Crippen LogP contribution in [0, 0.1) is 0 Å². The molecule has 0 saturated carbocycles. The molecule has 2 aliphatic rings. The van der Waals surface area contributed by atoms with Crippen LogP contribution in [0.5, 0.6) is 0 Å². The first-order valence-corrected chi connectivity index (χ1v) is 6.89. The molecule has 0 bridgehead atoms. The van der Waals surface area contributed by atoms with Gasteiger partial charge in [-0.2, -0.15) is 0 Å². The molecule has 2 nitrogen and oxygen atoms in total. The molecule has 2 saturated heterocycles. The standard InChI is InChI=1S/C15H21NO/c1-2-3-7-11-15-12-10-14(16(15)17-15)13-8-5-4-6-9-13/h4-6,8-9,14H,2-3,7,10-12H2,1H3/t14?,15-,16?/m0/s1. The Bertz CT molecular complexity index is 378. The molecule has 0 radical (unpaired) electrons. The fraction of sp³-hybridized carbons (Fsp3) is 0.600. The van der Waals surface area contributed by atoms with E-state index in [9.17, 15) is 0 Å². The third-order valence-corrected chi connectivity index (χ3v) is 4.08. The summed E-state index contributed by atoms with van der Waals surface area (Å²) in [6.07, 6.45) is 7.58. The van der Waals surface area contributed by atoms with Crippen LogP contribution in [-0.4, -0.2) is 10.8 Å². The van der Waals surface area contributed by atoms with E-state index in [-0.39, 0.29) is 5.72 Å². The number of rotatable bonds is 5. The van der Waals surface area contributed by atoms with Gasteiger partial charge in [0.2, 0.25) is 0 Å². The SMILES string of the molecule is CCCCC[C@]12CCC(c3ccccc3)N1O2. The number of hydrogen-bond acceptors (Lipinski definition) is 2. The van der Waals surface area contributed by atoms with E-state index >= 15 is 0 Å². The van der Waals surface area contributed by atoms with Crippen molar-refractivity contribution in [1.29, 1.82) is 0 Å². The molecule has 17 heavy (non-hydrogen) atoms. The Morgan fingerprint density at radius 3 is 2.82 bits per heavy atom. The van der Waals surface area contributed by atoms with Gasteiger partial charge in [-0.05, 0) is 31.2 Å². The second kappa shape index (κ2) is 4.43. The summed E-state index contributed by atoms with van der Waals surface area (Å²) in [7, 11) is 0. The van der Waals surface area contributed by atoms with Gasteiger partial charge in [0.05, 0.1) is 6.04 Å². The quantitative estimate of drug-likeness (QED) is 0.561. The summed E-state index contributed by atoms with van der Waals surface area (Å²) in [5, 5.41) is 2.25. The fourth-order valence-electron chi connectivity index (χ4n) is 3.05. The van der Waals surface area contributed by atoms with Crippen molar-refractivity contribution in [3.63, 3.8) is 0 Å². The van der Waals surface area contributed by atoms with Crippen molar-refractivity contribution in [2.24, 2.45) is 0 Å². The zero-order valence-corrected chi connectivity index (χ0v) is 10.6. The topological polar surface area (TPSA) is 15.5 Å². The Morgan fingerprint density at radius 1 is 1.29 bits per heavy atom. The Balaban J connectivity index is 1.62. The monoisotopic (exact) mass is 231 g/mol. The Kier molecular flexibility index (Phi) is 2.93. The van der Waals surface area contributed by atoms with Crippen LogP contribution < -0.4 is 0 Å². The molecular formula is C15H21NO. The Labute approximate surface area is 104 Å². The largest absolute Gasteiger partial charge is 0.271 e. The molecule has 2 heteroatoms. The highest BCUT2D eigenvalue weighted by molar-refractivity contribution is 5.22. The fourth-order valence-corrected chi connectivity index (χ4v) is 3.05. The summed E-state index contributed by atoms with van der Waals surface area (Å²) >= 11 is 0. The molecular weight excluding hydrogens is 210 g/mol. The maximum absolute atomic E-state index is 5.89. The summed E-state index contributed by atoms with van der Waals surface area (Å²) in [4.78, 5) is 5.89. The lowest BCUT2D eigenvalue weighted by Gasteiger charge is -2.10. The lowest BCUT2D eigenvalue weighted by molar-refractivity contribution is 0.122. The molecule has 2 heterocycles. The molecule has 0 aromatic heterocycles. The summed E-state index contributed by atoms with van der Waals surface area (Å²) in [6, 6.07) is 11.3. The summed E-state index contributed by atoms with van der Waals surface area (Å²) in [5.74, 6) is 0. The van der Waals surface area contributed by atoms with Crippen molar-refractivity contribution in [2.75, 3.05) is 0 Å². The lowest BCUT2D eigenvalue weighted by atomic mass is 10.0. The van der Waals surface area contributed by atoms with Gasteiger partial charge in [-0.3, -0.25) is 4.84 Å². The Morgan fingerprint density at radius 2 is 2.12 bits per heavy atom. The number of hydroxylamine groups is 2. The third kappa shape index (κ3) is 2.00. The second-order valence-electron chi connectivity index (χ2n) is 5.29. The first-order valence-electron chi connectivity index (χ1n) is 6.89. The predicted octanol–water partition coefficient (Wildman–Crippen LogP) is 4.05. The van der Waals surface area contributed by atoms with E-state index in [0.29, 0.717) is 6.04 Å². The van der Waals surface area contributed by atoms with Crippen LogP contribution in [0.15, 0.2) is 30.3 Å². The van der Waals surface area contributed by atoms with E-state index in [1.165, 1.54) is 44.1 Å². The summed E-state index contributed by atoms with van der Waals surface area (Å²) < 4.78 is 0. The number of unbranched alkanes of at least 4 members (excludes halogenated alkanes) is 2. The molecule has 1 aromatic carbocycles. The maximum atomic E-state index is 5.89. The molecule has 0 amide bonds. The molecule has 2 fully saturated rings. The smallest absolute Gasteiger partial charge is 0.165 e. The molecule has 3 rings (SSSR count). The van der Waals surface area contributed by atoms with E-state index in [1.54, 1.807) is 0 Å². The first kappa shape index (κ1) is 11.2. The van der Waals surface area contributed by atoms with E-state index in [2.05, 4.69) is 42.3 Å². The number of fused-ring (bicyclic) bond motifs is 1. The van der Waals surface area contributed by atoms with Crippen LogP contribution in [0.4, 0.5) is 0 Å². The average molecular weight is 231 g/mol. The molecule has 1 aromatic rings. The number of benzene rings is 1. The molecule has 2 unspecified atom stereocenters. The van der Waals surface area contributed by atoms with Crippen LogP contribution in [-0.2, 0) is 4.84 Å². The average Bonchev–Trinajstić information content (AvgIpc) is 2.97. The van der Waals surface area contributed by atoms with Crippen molar-refractivity contribution in [3.05, 3.63) is 35.9 Å². The van der Waals surface area contributed by atoms with Gasteiger partial charge >= 0.3 is 0 Å². The second-order valence-corrected chi connectivity index (χ2v) is 5.29. The van der Waals surface area contributed by atoms with E-state index in [4.69, 9.17) is 4.84 Å².